The van der Waals surface area contributed by atoms with Gasteiger partial charge in [0.15, 0.2) is 0 Å². The molecule has 0 saturated heterocycles. The average Bonchev–Trinajstić information content (AvgIpc) is 2.76. The molecule has 1 aromatic heterocycles. The van der Waals surface area contributed by atoms with E-state index in [2.05, 4.69) is 13.8 Å². The Labute approximate surface area is 181 Å². The van der Waals surface area contributed by atoms with E-state index in [0.717, 1.165) is 40.9 Å². The highest BCUT2D eigenvalue weighted by Crippen LogP contribution is 2.29. The number of aromatic hydroxyl groups is 1. The van der Waals surface area contributed by atoms with Crippen LogP contribution in [0.2, 0.25) is 0 Å². The fourth-order valence-corrected chi connectivity index (χ4v) is 3.12. The van der Waals surface area contributed by atoms with Crippen LogP contribution in [0.3, 0.4) is 0 Å². The van der Waals surface area contributed by atoms with Crippen molar-refractivity contribution in [1.82, 2.24) is 9.13 Å². The van der Waals surface area contributed by atoms with Crippen LogP contribution in [0.5, 0.6) is 17.4 Å². The molecule has 7 heteroatoms. The summed E-state index contributed by atoms with van der Waals surface area (Å²) in [6, 6.07) is 14.8. The average molecular weight is 424 g/mol. The minimum absolute atomic E-state index is 0.317. The van der Waals surface area contributed by atoms with E-state index in [9.17, 15) is 14.7 Å². The van der Waals surface area contributed by atoms with Crippen LogP contribution in [0.1, 0.15) is 39.5 Å². The third-order valence-electron chi connectivity index (χ3n) is 4.79. The second-order valence-electron chi connectivity index (χ2n) is 7.16. The van der Waals surface area contributed by atoms with Gasteiger partial charge in [-0.3, -0.25) is 4.79 Å². The van der Waals surface area contributed by atoms with E-state index >= 15 is 0 Å². The number of para-hydroxylation sites is 1. The van der Waals surface area contributed by atoms with E-state index in [1.807, 2.05) is 0 Å². The van der Waals surface area contributed by atoms with E-state index in [4.69, 9.17) is 9.47 Å². The van der Waals surface area contributed by atoms with Crippen molar-refractivity contribution in [3.05, 3.63) is 75.4 Å². The summed E-state index contributed by atoms with van der Waals surface area (Å²) in [5, 5.41) is 10.6. The lowest BCUT2D eigenvalue weighted by atomic mass is 10.2. The van der Waals surface area contributed by atoms with Crippen LogP contribution < -0.4 is 20.7 Å². The van der Waals surface area contributed by atoms with Gasteiger partial charge in [-0.1, -0.05) is 44.9 Å². The first-order valence-corrected chi connectivity index (χ1v) is 10.6. The van der Waals surface area contributed by atoms with Crippen molar-refractivity contribution in [2.45, 2.75) is 39.5 Å². The third kappa shape index (κ3) is 5.17. The molecule has 2 aromatic carbocycles. The summed E-state index contributed by atoms with van der Waals surface area (Å²) in [4.78, 5) is 25.9. The van der Waals surface area contributed by atoms with Crippen molar-refractivity contribution >= 4 is 0 Å². The number of aromatic nitrogens is 2. The molecular formula is C24H28N2O5. The number of benzene rings is 2. The number of hydrogen-bond acceptors (Lipinski definition) is 5. The molecule has 3 rings (SSSR count). The summed E-state index contributed by atoms with van der Waals surface area (Å²) in [5.41, 5.74) is -0.580. The predicted octanol–water partition coefficient (Wildman–Crippen LogP) is 4.05. The molecule has 0 fully saturated rings. The summed E-state index contributed by atoms with van der Waals surface area (Å²) >= 11 is 0. The first-order chi connectivity index (χ1) is 15.1. The molecule has 0 atom stereocenters. The first-order valence-electron chi connectivity index (χ1n) is 10.6. The van der Waals surface area contributed by atoms with Gasteiger partial charge in [0, 0.05) is 6.07 Å². The van der Waals surface area contributed by atoms with Crippen molar-refractivity contribution in [3.8, 4) is 28.8 Å². The maximum atomic E-state index is 13.3. The maximum absolute atomic E-state index is 13.3. The number of ether oxygens (including phenoxy) is 2. The van der Waals surface area contributed by atoms with Gasteiger partial charge >= 0.3 is 5.69 Å². The third-order valence-corrected chi connectivity index (χ3v) is 4.79. The lowest BCUT2D eigenvalue weighted by Gasteiger charge is -2.17. The zero-order valence-corrected chi connectivity index (χ0v) is 17.9. The van der Waals surface area contributed by atoms with Gasteiger partial charge in [-0.2, -0.15) is 0 Å². The molecule has 0 unspecified atom stereocenters. The van der Waals surface area contributed by atoms with Crippen molar-refractivity contribution < 1.29 is 14.6 Å². The number of hydrogen-bond donors (Lipinski definition) is 1. The Balaban J connectivity index is 2.16. The summed E-state index contributed by atoms with van der Waals surface area (Å²) in [6.07, 6.45) is 3.69. The van der Waals surface area contributed by atoms with Gasteiger partial charge in [-0.25, -0.2) is 13.9 Å². The Morgan fingerprint density at radius 2 is 1.52 bits per heavy atom. The lowest BCUT2D eigenvalue weighted by molar-refractivity contribution is 0.299. The Hall–Kier alpha value is -3.48. The van der Waals surface area contributed by atoms with Crippen LogP contribution >= 0.6 is 0 Å². The smallest absolute Gasteiger partial charge is 0.343 e. The van der Waals surface area contributed by atoms with Crippen molar-refractivity contribution in [3.63, 3.8) is 0 Å². The molecule has 0 aliphatic rings. The molecule has 0 radical (unpaired) electrons. The Bertz CT molecular complexity index is 1120. The van der Waals surface area contributed by atoms with Crippen molar-refractivity contribution in [2.24, 2.45) is 0 Å². The van der Waals surface area contributed by atoms with Crippen molar-refractivity contribution in [1.29, 1.82) is 0 Å². The van der Waals surface area contributed by atoms with Crippen LogP contribution in [0.4, 0.5) is 0 Å². The van der Waals surface area contributed by atoms with Gasteiger partial charge in [0.25, 0.3) is 5.56 Å². The SMILES string of the molecule is CCCCOc1ccc(OCCCC)c(-n2c(O)cc(=O)n(-c3ccccc3)c2=O)c1. The monoisotopic (exact) mass is 424 g/mol. The van der Waals surface area contributed by atoms with E-state index in [0.29, 0.717) is 36.1 Å². The topological polar surface area (TPSA) is 82.7 Å². The van der Waals surface area contributed by atoms with E-state index < -0.39 is 17.1 Å². The van der Waals surface area contributed by atoms with Gasteiger partial charge in [0.05, 0.1) is 30.7 Å². The highest BCUT2D eigenvalue weighted by Gasteiger charge is 2.18. The van der Waals surface area contributed by atoms with E-state index in [-0.39, 0.29) is 0 Å². The summed E-state index contributed by atoms with van der Waals surface area (Å²) in [5.74, 6) is 0.509. The molecule has 0 aliphatic heterocycles. The Morgan fingerprint density at radius 1 is 0.839 bits per heavy atom. The Kier molecular flexibility index (Phi) is 7.54. The zero-order valence-electron chi connectivity index (χ0n) is 17.9. The summed E-state index contributed by atoms with van der Waals surface area (Å²) in [6.45, 7) is 5.13. The number of rotatable bonds is 10. The molecule has 0 bridgehead atoms. The molecule has 3 aromatic rings. The minimum Gasteiger partial charge on any atom is -0.494 e. The van der Waals surface area contributed by atoms with Crippen LogP contribution in [-0.4, -0.2) is 27.5 Å². The predicted molar refractivity (Wildman–Crippen MR) is 120 cm³/mol. The normalized spacial score (nSPS) is 10.8. The largest absolute Gasteiger partial charge is 0.494 e. The van der Waals surface area contributed by atoms with Gasteiger partial charge in [-0.05, 0) is 37.1 Å². The summed E-state index contributed by atoms with van der Waals surface area (Å²) in [7, 11) is 0. The van der Waals surface area contributed by atoms with Crippen LogP contribution in [0.15, 0.2) is 64.2 Å². The van der Waals surface area contributed by atoms with Crippen LogP contribution in [-0.2, 0) is 0 Å². The Morgan fingerprint density at radius 3 is 2.19 bits per heavy atom. The van der Waals surface area contributed by atoms with Crippen molar-refractivity contribution in [2.75, 3.05) is 13.2 Å². The van der Waals surface area contributed by atoms with Gasteiger partial charge in [-0.15, -0.1) is 0 Å². The molecule has 7 nitrogen and oxygen atoms in total. The van der Waals surface area contributed by atoms with E-state index in [1.54, 1.807) is 48.5 Å². The molecule has 0 aliphatic carbocycles. The highest BCUT2D eigenvalue weighted by atomic mass is 16.5. The molecule has 0 amide bonds. The first kappa shape index (κ1) is 22.2. The number of nitrogens with zero attached hydrogens (tertiary/aromatic N) is 2. The fourth-order valence-electron chi connectivity index (χ4n) is 3.12. The molecule has 0 saturated carbocycles. The molecule has 0 spiro atoms. The van der Waals surface area contributed by atoms with Gasteiger partial charge < -0.3 is 14.6 Å². The quantitative estimate of drug-likeness (QED) is 0.497. The second-order valence-corrected chi connectivity index (χ2v) is 7.16. The fraction of sp³-hybridized carbons (Fsp3) is 0.333. The minimum atomic E-state index is -0.692. The standard InChI is InChI=1S/C24H28N2O5/c1-3-5-14-30-19-12-13-21(31-15-6-4-2)20(16-19)26-23(28)17-22(27)25(24(26)29)18-10-8-7-9-11-18/h7-13,16-17,28H,3-6,14-15H2,1-2H3. The molecule has 1 heterocycles. The summed E-state index contributed by atoms with van der Waals surface area (Å²) < 4.78 is 13.8. The molecular weight excluding hydrogens is 396 g/mol. The zero-order chi connectivity index (χ0) is 22.2. The second kappa shape index (κ2) is 10.5. The number of unbranched alkanes of at least 4 members (excludes halogenated alkanes) is 2. The molecule has 1 N–H and O–H groups in total. The maximum Gasteiger partial charge on any atom is 0.343 e. The highest BCUT2D eigenvalue weighted by molar-refractivity contribution is 5.53. The van der Waals surface area contributed by atoms with Gasteiger partial charge in [0.2, 0.25) is 5.88 Å². The van der Waals surface area contributed by atoms with Gasteiger partial charge in [0.1, 0.15) is 11.5 Å². The van der Waals surface area contributed by atoms with Crippen LogP contribution in [0, 0.1) is 0 Å². The molecule has 31 heavy (non-hydrogen) atoms. The van der Waals surface area contributed by atoms with Crippen LogP contribution in [0.25, 0.3) is 11.4 Å². The molecule has 164 valence electrons. The van der Waals surface area contributed by atoms with E-state index in [1.165, 1.54) is 0 Å². The lowest BCUT2D eigenvalue weighted by Crippen LogP contribution is -2.37.